The molecule has 1 aromatic carbocycles. The fraction of sp³-hybridized carbons (Fsp3) is 0.462. The van der Waals surface area contributed by atoms with Crippen molar-refractivity contribution in [2.45, 2.75) is 13.5 Å². The molecule has 0 bridgehead atoms. The Balaban J connectivity index is 1.91. The molecule has 18 heavy (non-hydrogen) atoms. The summed E-state index contributed by atoms with van der Waals surface area (Å²) in [7, 11) is 0. The van der Waals surface area contributed by atoms with Crippen molar-refractivity contribution in [3.8, 4) is 0 Å². The number of ether oxygens (including phenoxy) is 1. The molecule has 1 saturated heterocycles. The Morgan fingerprint density at radius 1 is 1.56 bits per heavy atom. The highest BCUT2D eigenvalue weighted by molar-refractivity contribution is 9.10. The van der Waals surface area contributed by atoms with Crippen LogP contribution in [0.2, 0.25) is 0 Å². The number of rotatable bonds is 5. The lowest BCUT2D eigenvalue weighted by Gasteiger charge is -2.38. The van der Waals surface area contributed by atoms with E-state index in [-0.39, 0.29) is 5.41 Å². The first kappa shape index (κ1) is 13.5. The summed E-state index contributed by atoms with van der Waals surface area (Å²) < 4.78 is 6.02. The Bertz CT molecular complexity index is 458. The van der Waals surface area contributed by atoms with Gasteiger partial charge in [0.15, 0.2) is 0 Å². The first-order chi connectivity index (χ1) is 8.50. The average Bonchev–Trinajstić information content (AvgIpc) is 2.28. The summed E-state index contributed by atoms with van der Waals surface area (Å²) in [5.74, 6) is -0.908. The number of carboxylic acid groups (broad SMARTS) is 1. The van der Waals surface area contributed by atoms with Crippen LogP contribution in [0.5, 0.6) is 0 Å². The quantitative estimate of drug-likeness (QED) is 0.875. The third kappa shape index (κ3) is 3.10. The lowest BCUT2D eigenvalue weighted by molar-refractivity contribution is -0.0991. The monoisotopic (exact) mass is 313 g/mol. The molecule has 0 atom stereocenters. The van der Waals surface area contributed by atoms with Crippen LogP contribution >= 0.6 is 15.9 Å². The molecule has 0 amide bonds. The third-order valence-corrected chi connectivity index (χ3v) is 3.81. The Hall–Kier alpha value is -0.910. The zero-order valence-electron chi connectivity index (χ0n) is 10.2. The second-order valence-electron chi connectivity index (χ2n) is 5.02. The number of carboxylic acids is 1. The zero-order valence-corrected chi connectivity index (χ0v) is 11.8. The van der Waals surface area contributed by atoms with E-state index in [9.17, 15) is 4.79 Å². The van der Waals surface area contributed by atoms with Gasteiger partial charge in [-0.3, -0.25) is 0 Å². The van der Waals surface area contributed by atoms with E-state index in [0.29, 0.717) is 5.56 Å². The minimum Gasteiger partial charge on any atom is -0.478 e. The molecule has 5 heteroatoms. The topological polar surface area (TPSA) is 58.6 Å². The molecule has 0 aliphatic carbocycles. The molecule has 4 nitrogen and oxygen atoms in total. The standard InChI is InChI=1S/C13H16BrNO3/c1-13(7-18-8-13)6-15-5-10-3-2-9(12(16)17)4-11(10)14/h2-4,15H,5-8H2,1H3,(H,16,17). The number of carbonyl (C=O) groups is 1. The summed E-state index contributed by atoms with van der Waals surface area (Å²) >= 11 is 3.40. The molecule has 2 N–H and O–H groups in total. The number of halogens is 1. The number of hydrogen-bond donors (Lipinski definition) is 2. The van der Waals surface area contributed by atoms with Gasteiger partial charge in [-0.15, -0.1) is 0 Å². The lowest BCUT2D eigenvalue weighted by Crippen LogP contribution is -2.47. The molecular formula is C13H16BrNO3. The second kappa shape index (κ2) is 5.38. The van der Waals surface area contributed by atoms with E-state index in [0.717, 1.165) is 36.3 Å². The fourth-order valence-corrected chi connectivity index (χ4v) is 2.39. The Kier molecular flexibility index (Phi) is 4.04. The maximum Gasteiger partial charge on any atom is 0.335 e. The summed E-state index contributed by atoms with van der Waals surface area (Å²) in [5, 5.41) is 12.2. The van der Waals surface area contributed by atoms with Crippen LogP contribution in [0.1, 0.15) is 22.8 Å². The van der Waals surface area contributed by atoms with Crippen molar-refractivity contribution >= 4 is 21.9 Å². The molecule has 1 aliphatic rings. The van der Waals surface area contributed by atoms with Crippen LogP contribution in [0.3, 0.4) is 0 Å². The van der Waals surface area contributed by atoms with E-state index in [1.165, 1.54) is 0 Å². The van der Waals surface area contributed by atoms with Crippen LogP contribution in [0.15, 0.2) is 22.7 Å². The van der Waals surface area contributed by atoms with Crippen molar-refractivity contribution in [2.75, 3.05) is 19.8 Å². The van der Waals surface area contributed by atoms with Gasteiger partial charge in [0.25, 0.3) is 0 Å². The first-order valence-corrected chi connectivity index (χ1v) is 6.60. The number of hydrogen-bond acceptors (Lipinski definition) is 3. The molecule has 2 rings (SSSR count). The molecule has 0 saturated carbocycles. The van der Waals surface area contributed by atoms with Gasteiger partial charge in [-0.2, -0.15) is 0 Å². The van der Waals surface area contributed by atoms with Crippen molar-refractivity contribution in [3.63, 3.8) is 0 Å². The maximum absolute atomic E-state index is 10.8. The Morgan fingerprint density at radius 2 is 2.28 bits per heavy atom. The average molecular weight is 314 g/mol. The highest BCUT2D eigenvalue weighted by Gasteiger charge is 2.32. The normalized spacial score (nSPS) is 17.2. The van der Waals surface area contributed by atoms with E-state index in [1.807, 2.05) is 6.07 Å². The predicted octanol–water partition coefficient (Wildman–Crippen LogP) is 2.27. The molecule has 0 unspecified atom stereocenters. The highest BCUT2D eigenvalue weighted by atomic mass is 79.9. The first-order valence-electron chi connectivity index (χ1n) is 5.80. The van der Waals surface area contributed by atoms with Crippen molar-refractivity contribution in [2.24, 2.45) is 5.41 Å². The molecule has 1 fully saturated rings. The molecule has 1 aromatic rings. The van der Waals surface area contributed by atoms with Gasteiger partial charge in [-0.1, -0.05) is 28.9 Å². The Labute approximate surface area is 114 Å². The number of benzene rings is 1. The fourth-order valence-electron chi connectivity index (χ4n) is 1.88. The lowest BCUT2D eigenvalue weighted by atomic mass is 9.89. The molecule has 0 spiro atoms. The van der Waals surface area contributed by atoms with Crippen LogP contribution in [0, 0.1) is 5.41 Å². The maximum atomic E-state index is 10.8. The van der Waals surface area contributed by atoms with Gasteiger partial charge in [0.1, 0.15) is 0 Å². The molecule has 0 radical (unpaired) electrons. The van der Waals surface area contributed by atoms with Gasteiger partial charge < -0.3 is 15.2 Å². The van der Waals surface area contributed by atoms with Crippen LogP contribution in [0.4, 0.5) is 0 Å². The summed E-state index contributed by atoms with van der Waals surface area (Å²) in [4.78, 5) is 10.8. The van der Waals surface area contributed by atoms with E-state index in [2.05, 4.69) is 28.2 Å². The molecule has 98 valence electrons. The van der Waals surface area contributed by atoms with Gasteiger partial charge in [0, 0.05) is 23.0 Å². The van der Waals surface area contributed by atoms with E-state index in [1.54, 1.807) is 12.1 Å². The minimum absolute atomic E-state index is 0.244. The third-order valence-electron chi connectivity index (χ3n) is 3.07. The highest BCUT2D eigenvalue weighted by Crippen LogP contribution is 2.25. The predicted molar refractivity (Wildman–Crippen MR) is 71.7 cm³/mol. The molecule has 1 aliphatic heterocycles. The van der Waals surface area contributed by atoms with Crippen molar-refractivity contribution in [1.82, 2.24) is 5.32 Å². The number of nitrogens with one attached hydrogen (secondary N) is 1. The van der Waals surface area contributed by atoms with E-state index >= 15 is 0 Å². The zero-order chi connectivity index (χ0) is 13.2. The molecule has 0 aromatic heterocycles. The van der Waals surface area contributed by atoms with Crippen LogP contribution in [0.25, 0.3) is 0 Å². The van der Waals surface area contributed by atoms with E-state index in [4.69, 9.17) is 9.84 Å². The van der Waals surface area contributed by atoms with Crippen molar-refractivity contribution < 1.29 is 14.6 Å². The summed E-state index contributed by atoms with van der Waals surface area (Å²) in [5.41, 5.74) is 1.60. The van der Waals surface area contributed by atoms with Crippen LogP contribution in [-0.2, 0) is 11.3 Å². The largest absolute Gasteiger partial charge is 0.478 e. The van der Waals surface area contributed by atoms with Crippen molar-refractivity contribution in [1.29, 1.82) is 0 Å². The molecular weight excluding hydrogens is 298 g/mol. The molecule has 1 heterocycles. The van der Waals surface area contributed by atoms with Crippen LogP contribution in [-0.4, -0.2) is 30.8 Å². The Morgan fingerprint density at radius 3 is 2.78 bits per heavy atom. The second-order valence-corrected chi connectivity index (χ2v) is 5.87. The van der Waals surface area contributed by atoms with Gasteiger partial charge in [-0.05, 0) is 17.7 Å². The van der Waals surface area contributed by atoms with Gasteiger partial charge in [-0.25, -0.2) is 4.79 Å². The minimum atomic E-state index is -0.908. The summed E-state index contributed by atoms with van der Waals surface area (Å²) in [6, 6.07) is 5.09. The van der Waals surface area contributed by atoms with Gasteiger partial charge >= 0.3 is 5.97 Å². The number of aromatic carboxylic acids is 1. The summed E-state index contributed by atoms with van der Waals surface area (Å²) in [6.07, 6.45) is 0. The SMILES string of the molecule is CC1(CNCc2ccc(C(=O)O)cc2Br)COC1. The van der Waals surface area contributed by atoms with Crippen molar-refractivity contribution in [3.05, 3.63) is 33.8 Å². The summed E-state index contributed by atoms with van der Waals surface area (Å²) in [6.45, 7) is 5.42. The van der Waals surface area contributed by atoms with Crippen LogP contribution < -0.4 is 5.32 Å². The van der Waals surface area contributed by atoms with E-state index < -0.39 is 5.97 Å². The smallest absolute Gasteiger partial charge is 0.335 e. The van der Waals surface area contributed by atoms with Gasteiger partial charge in [0.2, 0.25) is 0 Å². The van der Waals surface area contributed by atoms with Gasteiger partial charge in [0.05, 0.1) is 18.8 Å².